The van der Waals surface area contributed by atoms with Crippen molar-refractivity contribution in [2.75, 3.05) is 18.0 Å². The van der Waals surface area contributed by atoms with Gasteiger partial charge in [0.1, 0.15) is 17.5 Å². The molecule has 1 aromatic heterocycles. The Bertz CT molecular complexity index is 928. The van der Waals surface area contributed by atoms with Gasteiger partial charge in [-0.25, -0.2) is 18.7 Å². The summed E-state index contributed by atoms with van der Waals surface area (Å²) >= 11 is 0. The largest absolute Gasteiger partial charge is 0.355 e. The molecule has 0 unspecified atom stereocenters. The van der Waals surface area contributed by atoms with E-state index in [1.807, 2.05) is 24.3 Å². The second-order valence-electron chi connectivity index (χ2n) is 7.70. The number of aromatic nitrogens is 2. The molecular weight excluding hydrogens is 344 g/mol. The molecule has 3 rings (SSSR count). The molecule has 3 nitrogen and oxygen atoms in total. The van der Waals surface area contributed by atoms with Crippen LogP contribution in [-0.4, -0.2) is 23.1 Å². The number of halogens is 2. The fourth-order valence-corrected chi connectivity index (χ4v) is 3.22. The maximum Gasteiger partial charge on any atom is 0.165 e. The van der Waals surface area contributed by atoms with Crippen molar-refractivity contribution >= 4 is 16.7 Å². The second kappa shape index (κ2) is 7.99. The summed E-state index contributed by atoms with van der Waals surface area (Å²) < 4.78 is 27.7. The van der Waals surface area contributed by atoms with Crippen molar-refractivity contribution in [2.24, 2.45) is 11.8 Å². The molecule has 0 N–H and O–H groups in total. The molecule has 1 heterocycles. The Morgan fingerprint density at radius 1 is 0.889 bits per heavy atom. The van der Waals surface area contributed by atoms with Crippen molar-refractivity contribution in [3.63, 3.8) is 0 Å². The number of nitrogens with zero attached hydrogens (tertiary/aromatic N) is 3. The first kappa shape index (κ1) is 19.2. The third kappa shape index (κ3) is 4.41. The zero-order valence-corrected chi connectivity index (χ0v) is 16.2. The van der Waals surface area contributed by atoms with E-state index in [2.05, 4.69) is 37.6 Å². The Balaban J connectivity index is 2.20. The number of fused-ring (bicyclic) bond motifs is 1. The van der Waals surface area contributed by atoms with Crippen LogP contribution in [0.25, 0.3) is 22.3 Å². The van der Waals surface area contributed by atoms with Gasteiger partial charge in [-0.2, -0.15) is 0 Å². The van der Waals surface area contributed by atoms with Crippen LogP contribution in [0, 0.1) is 23.5 Å². The summed E-state index contributed by atoms with van der Waals surface area (Å²) in [5.74, 6) is 0.696. The zero-order valence-electron chi connectivity index (χ0n) is 16.2. The monoisotopic (exact) mass is 369 g/mol. The molecule has 0 atom stereocenters. The predicted molar refractivity (Wildman–Crippen MR) is 107 cm³/mol. The molecule has 0 amide bonds. The molecule has 0 spiro atoms. The van der Waals surface area contributed by atoms with Gasteiger partial charge in [0.2, 0.25) is 0 Å². The van der Waals surface area contributed by atoms with E-state index < -0.39 is 11.6 Å². The summed E-state index contributed by atoms with van der Waals surface area (Å²) in [7, 11) is 0. The molecule has 142 valence electrons. The minimum Gasteiger partial charge on any atom is -0.355 e. The zero-order chi connectivity index (χ0) is 19.6. The van der Waals surface area contributed by atoms with Gasteiger partial charge >= 0.3 is 0 Å². The summed E-state index contributed by atoms with van der Waals surface area (Å²) in [5.41, 5.74) is 0.955. The number of rotatable bonds is 6. The molecule has 0 saturated carbocycles. The Morgan fingerprint density at radius 3 is 2.19 bits per heavy atom. The van der Waals surface area contributed by atoms with Crippen LogP contribution >= 0.6 is 0 Å². The van der Waals surface area contributed by atoms with Gasteiger partial charge < -0.3 is 4.90 Å². The molecule has 0 saturated heterocycles. The van der Waals surface area contributed by atoms with E-state index in [9.17, 15) is 8.78 Å². The number of hydrogen-bond donors (Lipinski definition) is 0. The van der Waals surface area contributed by atoms with Gasteiger partial charge in [-0.15, -0.1) is 0 Å². The number of hydrogen-bond acceptors (Lipinski definition) is 3. The molecule has 5 heteroatoms. The van der Waals surface area contributed by atoms with Gasteiger partial charge in [-0.3, -0.25) is 0 Å². The van der Waals surface area contributed by atoms with E-state index in [4.69, 9.17) is 4.98 Å². The van der Waals surface area contributed by atoms with Crippen molar-refractivity contribution in [1.82, 2.24) is 9.97 Å². The third-order valence-electron chi connectivity index (χ3n) is 4.23. The number of benzene rings is 2. The molecule has 27 heavy (non-hydrogen) atoms. The van der Waals surface area contributed by atoms with Crippen LogP contribution < -0.4 is 4.90 Å². The first-order chi connectivity index (χ1) is 12.8. The lowest BCUT2D eigenvalue weighted by Gasteiger charge is -2.28. The highest BCUT2D eigenvalue weighted by atomic mass is 19.1. The van der Waals surface area contributed by atoms with Crippen molar-refractivity contribution in [2.45, 2.75) is 27.7 Å². The van der Waals surface area contributed by atoms with Crippen LogP contribution in [0.15, 0.2) is 42.5 Å². The second-order valence-corrected chi connectivity index (χ2v) is 7.70. The van der Waals surface area contributed by atoms with Crippen LogP contribution in [0.2, 0.25) is 0 Å². The Hall–Kier alpha value is -2.56. The fraction of sp³-hybridized carbons (Fsp3) is 0.364. The average Bonchev–Trinajstić information content (AvgIpc) is 2.59. The van der Waals surface area contributed by atoms with Gasteiger partial charge in [0, 0.05) is 24.5 Å². The van der Waals surface area contributed by atoms with E-state index in [1.165, 1.54) is 12.1 Å². The summed E-state index contributed by atoms with van der Waals surface area (Å²) in [6.45, 7) is 10.3. The predicted octanol–water partition coefficient (Wildman–Crippen LogP) is 5.69. The van der Waals surface area contributed by atoms with E-state index in [1.54, 1.807) is 0 Å². The smallest absolute Gasteiger partial charge is 0.165 e. The van der Waals surface area contributed by atoms with Gasteiger partial charge in [0.15, 0.2) is 5.82 Å². The van der Waals surface area contributed by atoms with Crippen LogP contribution in [0.3, 0.4) is 0 Å². The van der Waals surface area contributed by atoms with Crippen LogP contribution in [-0.2, 0) is 0 Å². The van der Waals surface area contributed by atoms with Crippen LogP contribution in [0.1, 0.15) is 27.7 Å². The molecule has 0 fully saturated rings. The maximum atomic E-state index is 14.4. The highest BCUT2D eigenvalue weighted by Gasteiger charge is 2.19. The van der Waals surface area contributed by atoms with Gasteiger partial charge in [0.25, 0.3) is 0 Å². The first-order valence-corrected chi connectivity index (χ1v) is 9.32. The molecular formula is C22H25F2N3. The van der Waals surface area contributed by atoms with Gasteiger partial charge in [-0.1, -0.05) is 39.8 Å². The maximum absolute atomic E-state index is 14.4. The average molecular weight is 369 g/mol. The number of anilines is 1. The summed E-state index contributed by atoms with van der Waals surface area (Å²) in [5, 5.41) is 0.935. The lowest BCUT2D eigenvalue weighted by atomic mass is 10.1. The fourth-order valence-electron chi connectivity index (χ4n) is 3.22. The van der Waals surface area contributed by atoms with E-state index in [-0.39, 0.29) is 11.4 Å². The van der Waals surface area contributed by atoms with Crippen molar-refractivity contribution < 1.29 is 8.78 Å². The molecule has 0 radical (unpaired) electrons. The van der Waals surface area contributed by atoms with Crippen molar-refractivity contribution in [3.8, 4) is 11.4 Å². The van der Waals surface area contributed by atoms with Crippen molar-refractivity contribution in [1.29, 1.82) is 0 Å². The highest BCUT2D eigenvalue weighted by Crippen LogP contribution is 2.30. The van der Waals surface area contributed by atoms with Gasteiger partial charge in [0.05, 0.1) is 11.1 Å². The lowest BCUT2D eigenvalue weighted by Crippen LogP contribution is -2.32. The normalized spacial score (nSPS) is 11.6. The SMILES string of the molecule is CC(C)CN(CC(C)C)c1nc(-c2ccc(F)cc2F)nc2ccccc12. The van der Waals surface area contributed by atoms with E-state index in [0.29, 0.717) is 11.8 Å². The minimum absolute atomic E-state index is 0.206. The molecule has 0 bridgehead atoms. The summed E-state index contributed by atoms with van der Waals surface area (Å²) in [4.78, 5) is 11.5. The summed E-state index contributed by atoms with van der Waals surface area (Å²) in [6, 6.07) is 11.2. The Kier molecular flexibility index (Phi) is 5.68. The molecule has 0 aliphatic rings. The molecule has 3 aromatic rings. The summed E-state index contributed by atoms with van der Waals surface area (Å²) in [6.07, 6.45) is 0. The molecule has 0 aliphatic carbocycles. The number of para-hydroxylation sites is 1. The topological polar surface area (TPSA) is 29.0 Å². The standard InChI is InChI=1S/C22H25F2N3/c1-14(2)12-27(13-15(3)4)22-18-7-5-6-8-20(18)25-21(26-22)17-10-9-16(23)11-19(17)24/h5-11,14-15H,12-13H2,1-4H3. The van der Waals surface area contributed by atoms with Crippen LogP contribution in [0.5, 0.6) is 0 Å². The quantitative estimate of drug-likeness (QED) is 0.559. The molecule has 2 aromatic carbocycles. The van der Waals surface area contributed by atoms with Gasteiger partial charge in [-0.05, 0) is 36.1 Å². The van der Waals surface area contributed by atoms with E-state index in [0.717, 1.165) is 35.9 Å². The Labute approximate surface area is 159 Å². The lowest BCUT2D eigenvalue weighted by molar-refractivity contribution is 0.550. The highest BCUT2D eigenvalue weighted by molar-refractivity contribution is 5.91. The minimum atomic E-state index is -0.657. The Morgan fingerprint density at radius 2 is 1.56 bits per heavy atom. The van der Waals surface area contributed by atoms with E-state index >= 15 is 0 Å². The third-order valence-corrected chi connectivity index (χ3v) is 4.23. The van der Waals surface area contributed by atoms with Crippen molar-refractivity contribution in [3.05, 3.63) is 54.1 Å². The first-order valence-electron chi connectivity index (χ1n) is 9.32. The van der Waals surface area contributed by atoms with Crippen LogP contribution in [0.4, 0.5) is 14.6 Å². The molecule has 0 aliphatic heterocycles.